The maximum Gasteiger partial charge on any atom is 0.417 e. The van der Waals surface area contributed by atoms with Gasteiger partial charge in [0.2, 0.25) is 0 Å². The van der Waals surface area contributed by atoms with E-state index in [2.05, 4.69) is 5.32 Å². The number of hydrogen-bond donors (Lipinski definition) is 2. The molecule has 1 atom stereocenters. The highest BCUT2D eigenvalue weighted by Crippen LogP contribution is 2.31. The molecule has 0 fully saturated rings. The molecule has 1 amide bonds. The molecule has 0 bridgehead atoms. The van der Waals surface area contributed by atoms with Crippen LogP contribution >= 0.6 is 0 Å². The Bertz CT molecular complexity index is 432. The number of carbonyl (C=O) groups excluding carboxylic acids is 1. The minimum absolute atomic E-state index is 0.0145. The van der Waals surface area contributed by atoms with Crippen LogP contribution in [0, 0.1) is 0 Å². The summed E-state index contributed by atoms with van der Waals surface area (Å²) in [6, 6.07) is 4.38. The molecule has 0 saturated carbocycles. The predicted octanol–water partition coefficient (Wildman–Crippen LogP) is 2.60. The summed E-state index contributed by atoms with van der Waals surface area (Å²) in [6.07, 6.45) is -3.55. The number of aliphatic hydroxyl groups excluding tert-OH is 1. The van der Waals surface area contributed by atoms with Crippen molar-refractivity contribution in [3.63, 3.8) is 0 Å². The molecule has 0 saturated heterocycles. The molecule has 1 aromatic rings. The van der Waals surface area contributed by atoms with Crippen LogP contribution in [0.5, 0.6) is 0 Å². The van der Waals surface area contributed by atoms with E-state index < -0.39 is 17.6 Å². The van der Waals surface area contributed by atoms with Crippen molar-refractivity contribution in [2.45, 2.75) is 32.0 Å². The monoisotopic (exact) mass is 275 g/mol. The van der Waals surface area contributed by atoms with Gasteiger partial charge in [-0.1, -0.05) is 12.1 Å². The van der Waals surface area contributed by atoms with Gasteiger partial charge < -0.3 is 10.4 Å². The first-order valence-corrected chi connectivity index (χ1v) is 5.94. The minimum atomic E-state index is -4.55. The van der Waals surface area contributed by atoms with Gasteiger partial charge in [-0.15, -0.1) is 0 Å². The van der Waals surface area contributed by atoms with Crippen LogP contribution in [-0.2, 0) is 6.18 Å². The van der Waals surface area contributed by atoms with Gasteiger partial charge in [-0.05, 0) is 31.9 Å². The molecule has 0 aliphatic carbocycles. The van der Waals surface area contributed by atoms with Crippen LogP contribution in [0.25, 0.3) is 0 Å². The molecule has 0 heterocycles. The number of carbonyl (C=O) groups is 1. The van der Waals surface area contributed by atoms with E-state index in [1.807, 2.05) is 0 Å². The molecule has 0 aromatic heterocycles. The number of nitrogens with one attached hydrogen (secondary N) is 1. The lowest BCUT2D eigenvalue weighted by Crippen LogP contribution is -2.34. The second-order valence-electron chi connectivity index (χ2n) is 4.28. The summed E-state index contributed by atoms with van der Waals surface area (Å²) in [5, 5.41) is 11.1. The molecule has 6 heteroatoms. The number of benzene rings is 1. The highest BCUT2D eigenvalue weighted by atomic mass is 19.4. The summed E-state index contributed by atoms with van der Waals surface area (Å²) in [4.78, 5) is 11.8. The molecule has 2 N–H and O–H groups in total. The molecule has 0 radical (unpaired) electrons. The second kappa shape index (κ2) is 6.56. The minimum Gasteiger partial charge on any atom is -0.396 e. The number of amides is 1. The summed E-state index contributed by atoms with van der Waals surface area (Å²) in [5.74, 6) is -0.752. The average molecular weight is 275 g/mol. The predicted molar refractivity (Wildman–Crippen MR) is 64.7 cm³/mol. The summed E-state index contributed by atoms with van der Waals surface area (Å²) < 4.78 is 38.2. The molecule has 0 spiro atoms. The van der Waals surface area contributed by atoms with Crippen LogP contribution in [0.15, 0.2) is 24.3 Å². The van der Waals surface area contributed by atoms with Crippen molar-refractivity contribution in [1.82, 2.24) is 5.32 Å². The van der Waals surface area contributed by atoms with Crippen LogP contribution in [0.2, 0.25) is 0 Å². The topological polar surface area (TPSA) is 49.3 Å². The number of hydrogen-bond acceptors (Lipinski definition) is 2. The van der Waals surface area contributed by atoms with Crippen molar-refractivity contribution in [2.24, 2.45) is 0 Å². The lowest BCUT2D eigenvalue weighted by molar-refractivity contribution is -0.137. The summed E-state index contributed by atoms with van der Waals surface area (Å²) >= 11 is 0. The van der Waals surface area contributed by atoms with Gasteiger partial charge in [0.15, 0.2) is 0 Å². The number of aliphatic hydroxyl groups is 1. The zero-order valence-electron chi connectivity index (χ0n) is 10.5. The van der Waals surface area contributed by atoms with Crippen LogP contribution in [-0.4, -0.2) is 23.7 Å². The Balaban J connectivity index is 2.83. The van der Waals surface area contributed by atoms with E-state index >= 15 is 0 Å². The molecule has 0 aliphatic rings. The summed E-state index contributed by atoms with van der Waals surface area (Å²) in [6.45, 7) is 1.67. The lowest BCUT2D eigenvalue weighted by Gasteiger charge is -2.16. The molecule has 1 unspecified atom stereocenters. The molecule has 0 aliphatic heterocycles. The van der Waals surface area contributed by atoms with Crippen molar-refractivity contribution >= 4 is 5.91 Å². The van der Waals surface area contributed by atoms with Gasteiger partial charge in [0, 0.05) is 12.6 Å². The zero-order chi connectivity index (χ0) is 14.5. The first kappa shape index (κ1) is 15.5. The lowest BCUT2D eigenvalue weighted by atomic mass is 10.1. The fraction of sp³-hybridized carbons (Fsp3) is 0.462. The van der Waals surface area contributed by atoms with E-state index in [0.29, 0.717) is 12.8 Å². The van der Waals surface area contributed by atoms with Gasteiger partial charge in [0.25, 0.3) is 5.91 Å². The Kier molecular flexibility index (Phi) is 5.35. The largest absolute Gasteiger partial charge is 0.417 e. The van der Waals surface area contributed by atoms with Gasteiger partial charge >= 0.3 is 6.18 Å². The van der Waals surface area contributed by atoms with E-state index in [0.717, 1.165) is 12.1 Å². The quantitative estimate of drug-likeness (QED) is 0.867. The van der Waals surface area contributed by atoms with Gasteiger partial charge in [-0.2, -0.15) is 13.2 Å². The van der Waals surface area contributed by atoms with Gasteiger partial charge in [0.05, 0.1) is 11.1 Å². The van der Waals surface area contributed by atoms with Gasteiger partial charge in [-0.25, -0.2) is 0 Å². The van der Waals surface area contributed by atoms with Crippen molar-refractivity contribution in [2.75, 3.05) is 6.61 Å². The molecule has 19 heavy (non-hydrogen) atoms. The maximum atomic E-state index is 12.7. The van der Waals surface area contributed by atoms with Crippen LogP contribution in [0.4, 0.5) is 13.2 Å². The Morgan fingerprint density at radius 1 is 1.37 bits per heavy atom. The SMILES string of the molecule is CC(CCCO)NC(=O)c1ccccc1C(F)(F)F. The van der Waals surface area contributed by atoms with Gasteiger partial charge in [0.1, 0.15) is 0 Å². The smallest absolute Gasteiger partial charge is 0.396 e. The fourth-order valence-corrected chi connectivity index (χ4v) is 1.70. The van der Waals surface area contributed by atoms with Crippen LogP contribution < -0.4 is 5.32 Å². The highest BCUT2D eigenvalue weighted by molar-refractivity contribution is 5.96. The van der Waals surface area contributed by atoms with E-state index in [1.165, 1.54) is 12.1 Å². The third-order valence-corrected chi connectivity index (χ3v) is 2.65. The molecule has 1 aromatic carbocycles. The Labute approximate surface area is 109 Å². The second-order valence-corrected chi connectivity index (χ2v) is 4.28. The highest BCUT2D eigenvalue weighted by Gasteiger charge is 2.34. The zero-order valence-corrected chi connectivity index (χ0v) is 10.5. The molecular weight excluding hydrogens is 259 g/mol. The normalized spacial score (nSPS) is 13.1. The van der Waals surface area contributed by atoms with Crippen LogP contribution in [0.1, 0.15) is 35.7 Å². The van der Waals surface area contributed by atoms with Crippen molar-refractivity contribution in [3.8, 4) is 0 Å². The molecule has 1 rings (SSSR count). The standard InChI is InChI=1S/C13H16F3NO2/c1-9(5-4-8-18)17-12(19)10-6-2-3-7-11(10)13(14,15)16/h2-3,6-7,9,18H,4-5,8H2,1H3,(H,17,19). The van der Waals surface area contributed by atoms with E-state index in [-0.39, 0.29) is 18.2 Å². The summed E-state index contributed by atoms with van der Waals surface area (Å²) in [7, 11) is 0. The van der Waals surface area contributed by atoms with Gasteiger partial charge in [-0.3, -0.25) is 4.79 Å². The summed E-state index contributed by atoms with van der Waals surface area (Å²) in [5.41, 5.74) is -1.33. The van der Waals surface area contributed by atoms with Crippen LogP contribution in [0.3, 0.4) is 0 Å². The third kappa shape index (κ3) is 4.55. The van der Waals surface area contributed by atoms with Crippen molar-refractivity contribution in [1.29, 1.82) is 0 Å². The Morgan fingerprint density at radius 3 is 2.58 bits per heavy atom. The first-order chi connectivity index (χ1) is 8.86. The number of rotatable bonds is 5. The van der Waals surface area contributed by atoms with E-state index in [4.69, 9.17) is 5.11 Å². The number of halogens is 3. The average Bonchev–Trinajstić information content (AvgIpc) is 2.35. The Hall–Kier alpha value is -1.56. The van der Waals surface area contributed by atoms with E-state index in [9.17, 15) is 18.0 Å². The number of alkyl halides is 3. The Morgan fingerprint density at radius 2 is 2.00 bits per heavy atom. The maximum absolute atomic E-state index is 12.7. The molecule has 3 nitrogen and oxygen atoms in total. The van der Waals surface area contributed by atoms with Crippen molar-refractivity contribution < 1.29 is 23.1 Å². The molecule has 106 valence electrons. The molecular formula is C13H16F3NO2. The third-order valence-electron chi connectivity index (χ3n) is 2.65. The van der Waals surface area contributed by atoms with E-state index in [1.54, 1.807) is 6.92 Å². The first-order valence-electron chi connectivity index (χ1n) is 5.94. The van der Waals surface area contributed by atoms with Crippen molar-refractivity contribution in [3.05, 3.63) is 35.4 Å². The fourth-order valence-electron chi connectivity index (χ4n) is 1.70.